The Morgan fingerprint density at radius 3 is 2.80 bits per heavy atom. The molecule has 1 rings (SSSR count). The quantitative estimate of drug-likeness (QED) is 0.728. The maximum atomic E-state index is 9.68. The molecule has 1 unspecified atom stereocenters. The summed E-state index contributed by atoms with van der Waals surface area (Å²) < 4.78 is 1.79. The zero-order chi connectivity index (χ0) is 11.3. The summed E-state index contributed by atoms with van der Waals surface area (Å²) in [4.78, 5) is 0. The summed E-state index contributed by atoms with van der Waals surface area (Å²) in [6.45, 7) is 4.82. The van der Waals surface area contributed by atoms with Crippen molar-refractivity contribution in [1.29, 1.82) is 0 Å². The Balaban J connectivity index is 2.19. The van der Waals surface area contributed by atoms with Crippen LogP contribution in [-0.2, 0) is 13.5 Å². The van der Waals surface area contributed by atoms with Crippen LogP contribution in [0.2, 0.25) is 0 Å². The van der Waals surface area contributed by atoms with Crippen molar-refractivity contribution in [1.82, 2.24) is 15.1 Å². The second kappa shape index (κ2) is 5.88. The summed E-state index contributed by atoms with van der Waals surface area (Å²) in [6.07, 6.45) is 5.23. The van der Waals surface area contributed by atoms with E-state index < -0.39 is 0 Å². The number of hydrogen-bond donors (Lipinski definition) is 2. The average molecular weight is 211 g/mol. The number of aliphatic hydroxyl groups is 1. The lowest BCUT2D eigenvalue weighted by molar-refractivity contribution is 0.159. The fraction of sp³-hybridized carbons (Fsp3) is 0.727. The Kier molecular flexibility index (Phi) is 4.78. The Hall–Kier alpha value is -0.870. The summed E-state index contributed by atoms with van der Waals surface area (Å²) in [7, 11) is 1.90. The molecule has 0 aromatic carbocycles. The van der Waals surface area contributed by atoms with E-state index in [0.717, 1.165) is 12.8 Å². The number of nitrogens with zero attached hydrogens (tertiary/aromatic N) is 2. The smallest absolute Gasteiger partial charge is 0.0667 e. The lowest BCUT2D eigenvalue weighted by Gasteiger charge is -2.13. The predicted octanol–water partition coefficient (Wildman–Crippen LogP) is 0.712. The third-order valence-corrected chi connectivity index (χ3v) is 2.29. The molecule has 4 heteroatoms. The molecule has 86 valence electrons. The van der Waals surface area contributed by atoms with Gasteiger partial charge in [0.15, 0.2) is 0 Å². The average Bonchev–Trinajstić information content (AvgIpc) is 2.58. The van der Waals surface area contributed by atoms with Gasteiger partial charge in [0.2, 0.25) is 0 Å². The topological polar surface area (TPSA) is 50.1 Å². The first-order chi connectivity index (χ1) is 7.08. The number of rotatable bonds is 6. The Morgan fingerprint density at radius 2 is 2.27 bits per heavy atom. The van der Waals surface area contributed by atoms with Crippen molar-refractivity contribution < 1.29 is 5.11 Å². The van der Waals surface area contributed by atoms with E-state index in [-0.39, 0.29) is 6.10 Å². The van der Waals surface area contributed by atoms with E-state index in [2.05, 4.69) is 24.3 Å². The third kappa shape index (κ3) is 4.95. The Labute approximate surface area is 91.3 Å². The van der Waals surface area contributed by atoms with Gasteiger partial charge in [-0.2, -0.15) is 5.10 Å². The second-order valence-electron chi connectivity index (χ2n) is 4.28. The van der Waals surface area contributed by atoms with Gasteiger partial charge in [0.1, 0.15) is 0 Å². The monoisotopic (exact) mass is 211 g/mol. The fourth-order valence-electron chi connectivity index (χ4n) is 1.41. The molecule has 1 heterocycles. The molecule has 1 aromatic heterocycles. The van der Waals surface area contributed by atoms with Gasteiger partial charge in [-0.15, -0.1) is 0 Å². The molecule has 15 heavy (non-hydrogen) atoms. The number of nitrogens with one attached hydrogen (secondary N) is 1. The highest BCUT2D eigenvalue weighted by Gasteiger charge is 2.05. The summed E-state index contributed by atoms with van der Waals surface area (Å²) in [5.41, 5.74) is 1.18. The molecule has 0 bridgehead atoms. The molecule has 0 fully saturated rings. The van der Waals surface area contributed by atoms with Crippen molar-refractivity contribution in [3.05, 3.63) is 18.0 Å². The van der Waals surface area contributed by atoms with Crippen molar-refractivity contribution in [3.8, 4) is 0 Å². The maximum Gasteiger partial charge on any atom is 0.0667 e. The molecule has 2 N–H and O–H groups in total. The van der Waals surface area contributed by atoms with E-state index in [1.54, 1.807) is 4.68 Å². The van der Waals surface area contributed by atoms with Gasteiger partial charge in [-0.25, -0.2) is 0 Å². The number of aryl methyl sites for hydroxylation is 2. The van der Waals surface area contributed by atoms with E-state index in [9.17, 15) is 5.11 Å². The molecule has 0 amide bonds. The molecule has 0 aliphatic rings. The molecule has 4 nitrogen and oxygen atoms in total. The van der Waals surface area contributed by atoms with E-state index in [1.807, 2.05) is 19.4 Å². The van der Waals surface area contributed by atoms with Crippen molar-refractivity contribution in [2.24, 2.45) is 7.05 Å². The van der Waals surface area contributed by atoms with Gasteiger partial charge in [0, 0.05) is 25.8 Å². The van der Waals surface area contributed by atoms with Gasteiger partial charge < -0.3 is 10.4 Å². The molecule has 1 atom stereocenters. The van der Waals surface area contributed by atoms with Crippen LogP contribution in [0.3, 0.4) is 0 Å². The van der Waals surface area contributed by atoms with Crippen LogP contribution in [0.25, 0.3) is 0 Å². The van der Waals surface area contributed by atoms with Crippen LogP contribution < -0.4 is 5.32 Å². The standard InChI is InChI=1S/C11H21N3O/c1-9(2)12-7-11(15)5-4-10-6-13-14(3)8-10/h6,8-9,11-12,15H,4-5,7H2,1-3H3. The highest BCUT2D eigenvalue weighted by Crippen LogP contribution is 2.03. The zero-order valence-electron chi connectivity index (χ0n) is 9.77. The molecular weight excluding hydrogens is 190 g/mol. The molecule has 0 radical (unpaired) electrons. The molecule has 0 saturated heterocycles. The van der Waals surface area contributed by atoms with Gasteiger partial charge in [0.25, 0.3) is 0 Å². The van der Waals surface area contributed by atoms with Crippen LogP contribution in [0.4, 0.5) is 0 Å². The second-order valence-corrected chi connectivity index (χ2v) is 4.28. The molecule has 0 aliphatic carbocycles. The fourth-order valence-corrected chi connectivity index (χ4v) is 1.41. The van der Waals surface area contributed by atoms with Crippen molar-refractivity contribution >= 4 is 0 Å². The van der Waals surface area contributed by atoms with Gasteiger partial charge in [-0.05, 0) is 18.4 Å². The van der Waals surface area contributed by atoms with Gasteiger partial charge in [-0.3, -0.25) is 4.68 Å². The van der Waals surface area contributed by atoms with E-state index >= 15 is 0 Å². The number of aliphatic hydroxyl groups excluding tert-OH is 1. The molecular formula is C11H21N3O. The van der Waals surface area contributed by atoms with Crippen LogP contribution in [0, 0.1) is 0 Å². The minimum absolute atomic E-state index is 0.271. The van der Waals surface area contributed by atoms with Crippen LogP contribution >= 0.6 is 0 Å². The highest BCUT2D eigenvalue weighted by atomic mass is 16.3. The van der Waals surface area contributed by atoms with Crippen LogP contribution in [0.15, 0.2) is 12.4 Å². The predicted molar refractivity (Wildman–Crippen MR) is 60.7 cm³/mol. The zero-order valence-corrected chi connectivity index (χ0v) is 9.77. The minimum Gasteiger partial charge on any atom is -0.392 e. The summed E-state index contributed by atoms with van der Waals surface area (Å²) >= 11 is 0. The van der Waals surface area contributed by atoms with Crippen LogP contribution in [-0.4, -0.2) is 33.6 Å². The Bertz CT molecular complexity index is 283. The van der Waals surface area contributed by atoms with Gasteiger partial charge in [-0.1, -0.05) is 13.8 Å². The highest BCUT2D eigenvalue weighted by molar-refractivity contribution is 5.03. The molecule has 1 aromatic rings. The molecule has 0 saturated carbocycles. The largest absolute Gasteiger partial charge is 0.392 e. The lowest BCUT2D eigenvalue weighted by atomic mass is 10.1. The minimum atomic E-state index is -0.271. The van der Waals surface area contributed by atoms with E-state index in [1.165, 1.54) is 5.56 Å². The number of hydrogen-bond acceptors (Lipinski definition) is 3. The lowest BCUT2D eigenvalue weighted by Crippen LogP contribution is -2.32. The Morgan fingerprint density at radius 1 is 1.53 bits per heavy atom. The van der Waals surface area contributed by atoms with Gasteiger partial charge in [0.05, 0.1) is 12.3 Å². The van der Waals surface area contributed by atoms with Crippen molar-refractivity contribution in [3.63, 3.8) is 0 Å². The van der Waals surface area contributed by atoms with Crippen LogP contribution in [0.5, 0.6) is 0 Å². The first-order valence-corrected chi connectivity index (χ1v) is 5.47. The first kappa shape index (κ1) is 12.2. The number of aromatic nitrogens is 2. The maximum absolute atomic E-state index is 9.68. The summed E-state index contributed by atoms with van der Waals surface area (Å²) in [6, 6.07) is 0.429. The van der Waals surface area contributed by atoms with E-state index in [0.29, 0.717) is 12.6 Å². The normalized spacial score (nSPS) is 13.4. The molecule has 0 aliphatic heterocycles. The molecule has 0 spiro atoms. The summed E-state index contributed by atoms with van der Waals surface area (Å²) in [5.74, 6) is 0. The van der Waals surface area contributed by atoms with Crippen LogP contribution in [0.1, 0.15) is 25.8 Å². The first-order valence-electron chi connectivity index (χ1n) is 5.47. The summed E-state index contributed by atoms with van der Waals surface area (Å²) in [5, 5.41) is 17.0. The van der Waals surface area contributed by atoms with E-state index in [4.69, 9.17) is 0 Å². The van der Waals surface area contributed by atoms with Gasteiger partial charge >= 0.3 is 0 Å². The third-order valence-electron chi connectivity index (χ3n) is 2.29. The van der Waals surface area contributed by atoms with Crippen molar-refractivity contribution in [2.75, 3.05) is 6.54 Å². The SMILES string of the molecule is CC(C)NCC(O)CCc1cnn(C)c1. The van der Waals surface area contributed by atoms with Crippen molar-refractivity contribution in [2.45, 2.75) is 38.8 Å².